The van der Waals surface area contributed by atoms with E-state index in [4.69, 9.17) is 4.42 Å². The van der Waals surface area contributed by atoms with Gasteiger partial charge < -0.3 is 9.32 Å². The summed E-state index contributed by atoms with van der Waals surface area (Å²) in [5, 5.41) is 9.00. The molecule has 2 aromatic heterocycles. The van der Waals surface area contributed by atoms with Gasteiger partial charge in [0.1, 0.15) is 12.1 Å². The summed E-state index contributed by atoms with van der Waals surface area (Å²) in [4.78, 5) is 21.6. The van der Waals surface area contributed by atoms with Crippen molar-refractivity contribution in [3.05, 3.63) is 131 Å². The number of hydrogen-bond donors (Lipinski definition) is 0. The van der Waals surface area contributed by atoms with Gasteiger partial charge in [0.05, 0.1) is 17.0 Å². The summed E-state index contributed by atoms with van der Waals surface area (Å²) in [7, 11) is 0. The first-order valence-electron chi connectivity index (χ1n) is 14.8. The number of nitrogens with zero attached hydrogens (tertiary/aromatic N) is 6. The van der Waals surface area contributed by atoms with Gasteiger partial charge in [-0.3, -0.25) is 14.3 Å². The van der Waals surface area contributed by atoms with Gasteiger partial charge in [0, 0.05) is 39.1 Å². The molecule has 0 spiro atoms. The van der Waals surface area contributed by atoms with E-state index in [1.807, 2.05) is 48.5 Å². The topological polar surface area (TPSA) is 80.3 Å². The molecular formula is C34H31F3N6O2S. The molecule has 1 amide bonds. The van der Waals surface area contributed by atoms with E-state index in [9.17, 15) is 18.0 Å². The number of piperazine rings is 1. The Labute approximate surface area is 268 Å². The molecule has 0 aliphatic carbocycles. The first kappa shape index (κ1) is 31.3. The minimum Gasteiger partial charge on any atom is -0.447 e. The molecule has 3 heterocycles. The molecule has 46 heavy (non-hydrogen) atoms. The number of halogens is 3. The zero-order chi connectivity index (χ0) is 31.9. The number of hydrogen-bond acceptors (Lipinski definition) is 7. The molecule has 12 heteroatoms. The zero-order valence-corrected chi connectivity index (χ0v) is 25.6. The third-order valence-electron chi connectivity index (χ3n) is 7.57. The third kappa shape index (κ3) is 7.75. The maximum Gasteiger partial charge on any atom is 0.416 e. The van der Waals surface area contributed by atoms with Crippen LogP contribution >= 0.6 is 11.8 Å². The van der Waals surface area contributed by atoms with Crippen molar-refractivity contribution in [1.29, 1.82) is 0 Å². The predicted molar refractivity (Wildman–Crippen MR) is 169 cm³/mol. The lowest BCUT2D eigenvalue weighted by Gasteiger charge is -2.33. The number of amides is 1. The Morgan fingerprint density at radius 2 is 1.65 bits per heavy atom. The van der Waals surface area contributed by atoms with Crippen molar-refractivity contribution in [2.45, 2.75) is 23.5 Å². The van der Waals surface area contributed by atoms with E-state index in [0.717, 1.165) is 42.9 Å². The molecule has 0 saturated carbocycles. The summed E-state index contributed by atoms with van der Waals surface area (Å²) in [6.45, 7) is 3.48. The summed E-state index contributed by atoms with van der Waals surface area (Å²) in [5.74, 6) is 0.807. The summed E-state index contributed by atoms with van der Waals surface area (Å²) < 4.78 is 47.9. The Balaban J connectivity index is 1.10. The molecule has 0 bridgehead atoms. The molecule has 5 aromatic rings. The Bertz CT molecular complexity index is 1780. The first-order chi connectivity index (χ1) is 22.3. The lowest BCUT2D eigenvalue weighted by atomic mass is 10.1. The highest BCUT2D eigenvalue weighted by molar-refractivity contribution is 7.98. The third-order valence-corrected chi connectivity index (χ3v) is 8.48. The van der Waals surface area contributed by atoms with Crippen molar-refractivity contribution >= 4 is 23.7 Å². The van der Waals surface area contributed by atoms with Crippen molar-refractivity contribution in [3.8, 4) is 5.69 Å². The molecule has 6 rings (SSSR count). The number of oxazole rings is 1. The molecule has 8 nitrogen and oxygen atoms in total. The molecule has 1 saturated heterocycles. The smallest absolute Gasteiger partial charge is 0.416 e. The fraction of sp³-hybridized carbons (Fsp3) is 0.235. The number of aromatic nitrogens is 4. The summed E-state index contributed by atoms with van der Waals surface area (Å²) in [5.41, 5.74) is 1.85. The minimum atomic E-state index is -4.50. The Morgan fingerprint density at radius 3 is 2.39 bits per heavy atom. The highest BCUT2D eigenvalue weighted by Crippen LogP contribution is 2.32. The van der Waals surface area contributed by atoms with Gasteiger partial charge in [-0.15, -0.1) is 10.2 Å². The first-order valence-corrected chi connectivity index (χ1v) is 15.8. The van der Waals surface area contributed by atoms with Crippen molar-refractivity contribution < 1.29 is 22.4 Å². The van der Waals surface area contributed by atoms with Crippen LogP contribution in [0.3, 0.4) is 0 Å². The van der Waals surface area contributed by atoms with Crippen LogP contribution in [0.1, 0.15) is 38.9 Å². The van der Waals surface area contributed by atoms with Gasteiger partial charge in [0.2, 0.25) is 5.89 Å². The normalized spacial score (nSPS) is 14.3. The quantitative estimate of drug-likeness (QED) is 0.158. The van der Waals surface area contributed by atoms with Crippen LogP contribution in [0.4, 0.5) is 13.2 Å². The number of thioether (sulfide) groups is 1. The van der Waals surface area contributed by atoms with Gasteiger partial charge in [0.15, 0.2) is 10.9 Å². The van der Waals surface area contributed by atoms with Crippen LogP contribution in [-0.2, 0) is 18.3 Å². The minimum absolute atomic E-state index is 0.197. The van der Waals surface area contributed by atoms with Crippen LogP contribution in [0.5, 0.6) is 0 Å². The second-order valence-corrected chi connectivity index (χ2v) is 11.7. The summed E-state index contributed by atoms with van der Waals surface area (Å²) in [6.07, 6.45) is 1.46. The van der Waals surface area contributed by atoms with Crippen LogP contribution in [-0.4, -0.2) is 68.2 Å². The van der Waals surface area contributed by atoms with Crippen molar-refractivity contribution in [1.82, 2.24) is 29.5 Å². The van der Waals surface area contributed by atoms with Crippen LogP contribution in [0.25, 0.3) is 11.8 Å². The Kier molecular flexibility index (Phi) is 9.65. The van der Waals surface area contributed by atoms with E-state index in [0.29, 0.717) is 42.1 Å². The summed E-state index contributed by atoms with van der Waals surface area (Å²) in [6, 6.07) is 24.7. The lowest BCUT2D eigenvalue weighted by molar-refractivity contribution is -0.137. The lowest BCUT2D eigenvalue weighted by Crippen LogP contribution is -2.48. The van der Waals surface area contributed by atoms with Crippen LogP contribution in [0.2, 0.25) is 0 Å². The van der Waals surface area contributed by atoms with Gasteiger partial charge in [-0.25, -0.2) is 4.98 Å². The maximum absolute atomic E-state index is 13.6. The van der Waals surface area contributed by atoms with E-state index >= 15 is 0 Å². The number of carbonyl (C=O) groups is 1. The molecule has 1 fully saturated rings. The molecular weight excluding hydrogens is 613 g/mol. The average molecular weight is 645 g/mol. The molecule has 236 valence electrons. The average Bonchev–Trinajstić information content (AvgIpc) is 3.71. The van der Waals surface area contributed by atoms with Gasteiger partial charge in [-0.1, -0.05) is 90.6 Å². The van der Waals surface area contributed by atoms with E-state index < -0.39 is 11.7 Å². The number of rotatable bonds is 10. The van der Waals surface area contributed by atoms with Gasteiger partial charge in [-0.05, 0) is 29.3 Å². The van der Waals surface area contributed by atoms with E-state index in [-0.39, 0.29) is 17.4 Å². The number of alkyl halides is 3. The summed E-state index contributed by atoms with van der Waals surface area (Å²) >= 11 is 1.22. The van der Waals surface area contributed by atoms with Crippen molar-refractivity contribution in [2.75, 3.05) is 32.7 Å². The van der Waals surface area contributed by atoms with E-state index in [2.05, 4.69) is 44.4 Å². The fourth-order valence-electron chi connectivity index (χ4n) is 5.17. The molecule has 0 N–H and O–H groups in total. The largest absolute Gasteiger partial charge is 0.447 e. The molecule has 3 aromatic carbocycles. The fourth-order valence-corrected chi connectivity index (χ4v) is 5.99. The standard InChI is InChI=1S/C34H31F3N6O2S/c35-34(36,37)27-14-7-15-28(22-27)43-30(21-26-11-5-2-6-12-26)39-40-33(43)46-24-31-38-29(23-45-31)32(44)42-19-17-41(18-20-42)16-8-13-25-9-3-1-4-10-25/h1-15,22-23H,16-21,24H2. The van der Waals surface area contributed by atoms with Crippen LogP contribution in [0.15, 0.2) is 107 Å². The van der Waals surface area contributed by atoms with Gasteiger partial charge in [0.25, 0.3) is 5.91 Å². The molecule has 0 unspecified atom stereocenters. The second-order valence-electron chi connectivity index (χ2n) is 10.8. The van der Waals surface area contributed by atoms with Crippen molar-refractivity contribution in [2.24, 2.45) is 0 Å². The van der Waals surface area contributed by atoms with E-state index in [1.54, 1.807) is 15.5 Å². The number of carbonyl (C=O) groups excluding carboxylic acids is 1. The Hall–Kier alpha value is -4.68. The van der Waals surface area contributed by atoms with Crippen molar-refractivity contribution in [3.63, 3.8) is 0 Å². The Morgan fingerprint density at radius 1 is 0.913 bits per heavy atom. The monoisotopic (exact) mass is 644 g/mol. The molecule has 0 radical (unpaired) electrons. The molecule has 1 aliphatic rings. The van der Waals surface area contributed by atoms with Gasteiger partial charge >= 0.3 is 6.18 Å². The number of benzene rings is 3. The highest BCUT2D eigenvalue weighted by Gasteiger charge is 2.31. The highest BCUT2D eigenvalue weighted by atomic mass is 32.2. The second kappa shape index (κ2) is 14.2. The SMILES string of the molecule is O=C(c1coc(CSc2nnc(Cc3ccccc3)n2-c2cccc(C(F)(F)F)c2)n1)N1CCN(CC=Cc2ccccc2)CC1. The predicted octanol–water partition coefficient (Wildman–Crippen LogP) is 6.63. The zero-order valence-electron chi connectivity index (χ0n) is 24.8. The van der Waals surface area contributed by atoms with E-state index in [1.165, 1.54) is 24.1 Å². The van der Waals surface area contributed by atoms with Crippen LogP contribution in [0, 0.1) is 0 Å². The molecule has 1 aliphatic heterocycles. The van der Waals surface area contributed by atoms with Gasteiger partial charge in [-0.2, -0.15) is 13.2 Å². The van der Waals surface area contributed by atoms with Crippen LogP contribution < -0.4 is 0 Å². The molecule has 0 atom stereocenters. The maximum atomic E-state index is 13.6.